The molecule has 0 N–H and O–H groups in total. The highest BCUT2D eigenvalue weighted by Crippen LogP contribution is 2.51. The van der Waals surface area contributed by atoms with Gasteiger partial charge in [-0.15, -0.1) is 0 Å². The zero-order valence-corrected chi connectivity index (χ0v) is 36.1. The summed E-state index contributed by atoms with van der Waals surface area (Å²) in [4.78, 5) is 5.00. The van der Waals surface area contributed by atoms with Crippen molar-refractivity contribution in [2.75, 3.05) is 9.80 Å². The number of fused-ring (bicyclic) bond motifs is 10. The molecule has 4 heteroatoms. The maximum atomic E-state index is 2.69. The molecule has 0 atom stereocenters. The summed E-state index contributed by atoms with van der Waals surface area (Å²) in [6, 6.07) is 79.1. The second-order valence-electron chi connectivity index (χ2n) is 18.5. The van der Waals surface area contributed by atoms with Crippen LogP contribution in [0.15, 0.2) is 212 Å². The van der Waals surface area contributed by atoms with Crippen LogP contribution in [0.4, 0.5) is 34.1 Å². The van der Waals surface area contributed by atoms with Crippen LogP contribution in [0, 0.1) is 0 Å². The van der Waals surface area contributed by atoms with E-state index in [1.807, 2.05) is 0 Å². The zero-order valence-electron chi connectivity index (χ0n) is 36.1. The van der Waals surface area contributed by atoms with Crippen LogP contribution in [0.5, 0.6) is 0 Å². The normalized spacial score (nSPS) is 12.9. The predicted molar refractivity (Wildman–Crippen MR) is 274 cm³/mol. The van der Waals surface area contributed by atoms with Gasteiger partial charge in [0.25, 0.3) is 0 Å². The molecule has 1 aromatic heterocycles. The highest BCUT2D eigenvalue weighted by Gasteiger charge is 2.44. The summed E-state index contributed by atoms with van der Waals surface area (Å²) >= 11 is 0. The third-order valence-electron chi connectivity index (χ3n) is 13.8. The Morgan fingerprint density at radius 3 is 1.80 bits per heavy atom. The maximum Gasteiger partial charge on any atom is 0.333 e. The van der Waals surface area contributed by atoms with E-state index in [1.165, 1.54) is 93.5 Å². The summed E-state index contributed by atoms with van der Waals surface area (Å²) in [5.41, 5.74) is 18.3. The Hall–Kier alpha value is -7.82. The Labute approximate surface area is 374 Å². The second-order valence-corrected chi connectivity index (χ2v) is 18.5. The molecule has 2 aliphatic rings. The van der Waals surface area contributed by atoms with Crippen LogP contribution in [-0.4, -0.2) is 11.3 Å². The summed E-state index contributed by atoms with van der Waals surface area (Å²) in [6.07, 6.45) is 0. The number of hydrogen-bond donors (Lipinski definition) is 0. The fourth-order valence-electron chi connectivity index (χ4n) is 10.9. The second kappa shape index (κ2) is 13.8. The van der Waals surface area contributed by atoms with E-state index in [0.29, 0.717) is 0 Å². The number of nitrogens with zero attached hydrogens (tertiary/aromatic N) is 3. The number of anilines is 6. The number of para-hydroxylation sites is 3. The lowest BCUT2D eigenvalue weighted by Crippen LogP contribution is -2.56. The lowest BCUT2D eigenvalue weighted by molar-refractivity contribution is 0.590. The molecule has 0 unspecified atom stereocenters. The third kappa shape index (κ3) is 5.42. The van der Waals surface area contributed by atoms with Crippen LogP contribution < -0.4 is 20.7 Å². The summed E-state index contributed by atoms with van der Waals surface area (Å²) in [7, 11) is 0. The Morgan fingerprint density at radius 1 is 0.438 bits per heavy atom. The van der Waals surface area contributed by atoms with Gasteiger partial charge in [0, 0.05) is 61.4 Å². The molecule has 0 saturated heterocycles. The van der Waals surface area contributed by atoms with E-state index in [2.05, 4.69) is 247 Å². The van der Waals surface area contributed by atoms with Crippen LogP contribution in [0.25, 0.3) is 65.6 Å². The van der Waals surface area contributed by atoms with E-state index in [1.54, 1.807) is 0 Å². The molecule has 0 bridgehead atoms. The Morgan fingerprint density at radius 2 is 1.08 bits per heavy atom. The van der Waals surface area contributed by atoms with Gasteiger partial charge in [0.2, 0.25) is 0 Å². The van der Waals surface area contributed by atoms with Crippen molar-refractivity contribution in [2.45, 2.75) is 26.2 Å². The van der Waals surface area contributed by atoms with Crippen molar-refractivity contribution < 1.29 is 0 Å². The minimum absolute atomic E-state index is 0.0388. The molecule has 0 fully saturated rings. The van der Waals surface area contributed by atoms with Crippen molar-refractivity contribution in [3.8, 4) is 22.3 Å². The summed E-state index contributed by atoms with van der Waals surface area (Å²) < 4.78 is 2.69. The first-order valence-electron chi connectivity index (χ1n) is 22.5. The molecular formula is C60H44BN3. The van der Waals surface area contributed by atoms with Crippen molar-refractivity contribution >= 4 is 95.2 Å². The summed E-state index contributed by atoms with van der Waals surface area (Å²) in [5, 5.41) is 7.61. The molecule has 3 heterocycles. The average molecular weight is 818 g/mol. The number of aromatic nitrogens is 1. The fraction of sp³-hybridized carbons (Fsp3) is 0.0667. The van der Waals surface area contributed by atoms with Crippen LogP contribution >= 0.6 is 0 Å². The monoisotopic (exact) mass is 817 g/mol. The van der Waals surface area contributed by atoms with Gasteiger partial charge in [-0.05, 0) is 121 Å². The minimum Gasteiger partial charge on any atom is -0.375 e. The molecule has 3 nitrogen and oxygen atoms in total. The third-order valence-corrected chi connectivity index (χ3v) is 13.8. The van der Waals surface area contributed by atoms with Crippen molar-refractivity contribution in [1.29, 1.82) is 0 Å². The van der Waals surface area contributed by atoms with Crippen molar-refractivity contribution in [3.05, 3.63) is 218 Å². The Balaban J connectivity index is 1.19. The standard InChI is InChI=1S/C60H44BN3/c1-60(2,3)43-30-33-53(50(37-43)39-18-7-4-8-19-39)63-55-38-46(62(44-23-9-5-10-24-44)45-25-11-6-12-26-45)31-32-52(55)61-58-56(63)36-42-22-15-16-27-47(42)57(58)49-29-17-28-48-51-34-40-20-13-14-21-41(40)35-54(51)64(61)59(48)49/h4-38H,1-3H3. The van der Waals surface area contributed by atoms with Crippen molar-refractivity contribution in [3.63, 3.8) is 0 Å². The lowest BCUT2D eigenvalue weighted by Gasteiger charge is -2.42. The van der Waals surface area contributed by atoms with Crippen LogP contribution in [0.3, 0.4) is 0 Å². The van der Waals surface area contributed by atoms with Crippen LogP contribution in [0.1, 0.15) is 26.3 Å². The van der Waals surface area contributed by atoms with Crippen molar-refractivity contribution in [1.82, 2.24) is 4.48 Å². The van der Waals surface area contributed by atoms with Gasteiger partial charge >= 0.3 is 6.85 Å². The van der Waals surface area contributed by atoms with Crippen LogP contribution in [0.2, 0.25) is 0 Å². The van der Waals surface area contributed by atoms with E-state index in [4.69, 9.17) is 0 Å². The number of rotatable bonds is 5. The van der Waals surface area contributed by atoms with Gasteiger partial charge in [-0.25, -0.2) is 0 Å². The van der Waals surface area contributed by atoms with E-state index in [9.17, 15) is 0 Å². The molecule has 10 aromatic carbocycles. The first-order chi connectivity index (χ1) is 31.4. The molecule has 11 aromatic rings. The summed E-state index contributed by atoms with van der Waals surface area (Å²) in [5.74, 6) is 0. The highest BCUT2D eigenvalue weighted by molar-refractivity contribution is 6.90. The first-order valence-corrected chi connectivity index (χ1v) is 22.5. The van der Waals surface area contributed by atoms with E-state index >= 15 is 0 Å². The summed E-state index contributed by atoms with van der Waals surface area (Å²) in [6.45, 7) is 6.85. The van der Waals surface area contributed by atoms with Crippen molar-refractivity contribution in [2.24, 2.45) is 0 Å². The predicted octanol–water partition coefficient (Wildman–Crippen LogP) is 15.0. The van der Waals surface area contributed by atoms with Gasteiger partial charge in [0.05, 0.1) is 5.69 Å². The number of benzene rings is 10. The molecule has 0 saturated carbocycles. The van der Waals surface area contributed by atoms with Crippen LogP contribution in [-0.2, 0) is 5.41 Å². The first kappa shape index (κ1) is 36.8. The maximum absolute atomic E-state index is 2.69. The average Bonchev–Trinajstić information content (AvgIpc) is 3.65. The van der Waals surface area contributed by atoms with Gasteiger partial charge in [-0.1, -0.05) is 166 Å². The molecule has 0 amide bonds. The molecule has 302 valence electrons. The zero-order chi connectivity index (χ0) is 42.7. The SMILES string of the molecule is CC(C)(C)c1ccc(N2c3cc(N(c4ccccc4)c4ccccc4)ccc3B3c4c2cc2ccccc2c4-c2cccc4c5cc6ccccc6cc5n3c24)c(-c2ccccc2)c1. The van der Waals surface area contributed by atoms with E-state index < -0.39 is 0 Å². The molecule has 0 radical (unpaired) electrons. The van der Waals surface area contributed by atoms with Gasteiger partial charge < -0.3 is 14.3 Å². The molecule has 0 aliphatic carbocycles. The highest BCUT2D eigenvalue weighted by atomic mass is 15.2. The van der Waals surface area contributed by atoms with E-state index in [-0.39, 0.29) is 12.3 Å². The number of hydrogen-bond acceptors (Lipinski definition) is 2. The molecule has 13 rings (SSSR count). The Bertz CT molecular complexity index is 3620. The molecule has 2 aliphatic heterocycles. The lowest BCUT2D eigenvalue weighted by atomic mass is 9.44. The van der Waals surface area contributed by atoms with E-state index in [0.717, 1.165) is 22.7 Å². The molecular weight excluding hydrogens is 773 g/mol. The minimum atomic E-state index is -0.0955. The van der Waals surface area contributed by atoms with Gasteiger partial charge in [0.1, 0.15) is 0 Å². The van der Waals surface area contributed by atoms with Gasteiger partial charge in [-0.3, -0.25) is 0 Å². The largest absolute Gasteiger partial charge is 0.375 e. The molecule has 64 heavy (non-hydrogen) atoms. The quantitative estimate of drug-likeness (QED) is 0.160. The molecule has 0 spiro atoms. The fourth-order valence-corrected chi connectivity index (χ4v) is 10.9. The topological polar surface area (TPSA) is 11.4 Å². The smallest absolute Gasteiger partial charge is 0.333 e. The van der Waals surface area contributed by atoms with Gasteiger partial charge in [0.15, 0.2) is 0 Å². The Kier molecular flexibility index (Phi) is 7.96. The van der Waals surface area contributed by atoms with Gasteiger partial charge in [-0.2, -0.15) is 0 Å².